The molecule has 1 aliphatic heterocycles. The van der Waals surface area contributed by atoms with Crippen LogP contribution in [0, 0.1) is 0 Å². The Hall–Kier alpha value is -2.97. The van der Waals surface area contributed by atoms with Gasteiger partial charge in [-0.1, -0.05) is 5.21 Å². The molecule has 1 aliphatic rings. The van der Waals surface area contributed by atoms with Gasteiger partial charge in [-0.05, 0) is 18.2 Å². The van der Waals surface area contributed by atoms with Crippen LogP contribution in [0.4, 0.5) is 11.4 Å². The Morgan fingerprint density at radius 1 is 1.52 bits per heavy atom. The normalized spacial score (nSPS) is 13.6. The molecule has 2 amide bonds. The van der Waals surface area contributed by atoms with Crippen LogP contribution < -0.4 is 15.0 Å². The van der Waals surface area contributed by atoms with Crippen LogP contribution in [0.1, 0.15) is 5.82 Å². The quantitative estimate of drug-likeness (QED) is 0.804. The van der Waals surface area contributed by atoms with Crippen molar-refractivity contribution < 1.29 is 14.3 Å². The Morgan fingerprint density at radius 2 is 2.38 bits per heavy atom. The number of aromatic amines is 1. The number of likely N-dealkylation sites (N-methyl/N-ethyl adjacent to an activating group) is 1. The number of ether oxygens (including phenoxy) is 1. The first-order valence-corrected chi connectivity index (χ1v) is 6.19. The molecule has 9 nitrogen and oxygen atoms in total. The summed E-state index contributed by atoms with van der Waals surface area (Å²) in [4.78, 5) is 24.9. The summed E-state index contributed by atoms with van der Waals surface area (Å²) in [5, 5.41) is 15.8. The van der Waals surface area contributed by atoms with E-state index in [1.54, 1.807) is 25.2 Å². The van der Waals surface area contributed by atoms with Gasteiger partial charge in [-0.15, -0.1) is 10.2 Å². The Morgan fingerprint density at radius 3 is 3.14 bits per heavy atom. The molecule has 0 fully saturated rings. The van der Waals surface area contributed by atoms with Crippen LogP contribution in [-0.4, -0.2) is 46.1 Å². The zero-order valence-electron chi connectivity index (χ0n) is 11.2. The fourth-order valence-corrected chi connectivity index (χ4v) is 1.96. The van der Waals surface area contributed by atoms with Crippen LogP contribution >= 0.6 is 0 Å². The molecule has 0 unspecified atom stereocenters. The van der Waals surface area contributed by atoms with Crippen molar-refractivity contribution in [1.82, 2.24) is 20.6 Å². The average Bonchev–Trinajstić information content (AvgIpc) is 2.96. The predicted molar refractivity (Wildman–Crippen MR) is 71.9 cm³/mol. The SMILES string of the molecule is CN1C(=O)COc2ccc(NC(=O)Cc3nn[nH]n3)cc21. The topological polar surface area (TPSA) is 113 Å². The predicted octanol–water partition coefficient (Wildman–Crippen LogP) is -0.264. The number of carbonyl (C=O) groups is 2. The number of H-pyrrole nitrogens is 1. The van der Waals surface area contributed by atoms with Crippen LogP contribution in [0.3, 0.4) is 0 Å². The van der Waals surface area contributed by atoms with Gasteiger partial charge < -0.3 is 15.0 Å². The number of nitrogens with zero attached hydrogens (tertiary/aromatic N) is 4. The minimum absolute atomic E-state index is 0.0128. The van der Waals surface area contributed by atoms with Gasteiger partial charge in [-0.25, -0.2) is 0 Å². The summed E-state index contributed by atoms with van der Waals surface area (Å²) in [5.41, 5.74) is 1.18. The van der Waals surface area contributed by atoms with E-state index in [4.69, 9.17) is 4.74 Å². The number of aromatic nitrogens is 4. The number of amides is 2. The molecular weight excluding hydrogens is 276 g/mol. The summed E-state index contributed by atoms with van der Waals surface area (Å²) in [7, 11) is 1.66. The smallest absolute Gasteiger partial charge is 0.264 e. The van der Waals surface area contributed by atoms with Crippen LogP contribution in [-0.2, 0) is 16.0 Å². The van der Waals surface area contributed by atoms with Gasteiger partial charge in [0.2, 0.25) is 5.91 Å². The van der Waals surface area contributed by atoms with E-state index in [1.807, 2.05) is 0 Å². The molecule has 0 aliphatic carbocycles. The molecule has 1 aromatic carbocycles. The van der Waals surface area contributed by atoms with Crippen molar-refractivity contribution in [1.29, 1.82) is 0 Å². The zero-order chi connectivity index (χ0) is 14.8. The summed E-state index contributed by atoms with van der Waals surface area (Å²) in [5.74, 6) is 0.495. The maximum absolute atomic E-state index is 11.8. The standard InChI is InChI=1S/C12H12N6O3/c1-18-8-4-7(2-3-9(8)21-6-12(18)20)13-11(19)5-10-14-16-17-15-10/h2-4H,5-6H2,1H3,(H,13,19)(H,14,15,16,17). The highest BCUT2D eigenvalue weighted by Crippen LogP contribution is 2.33. The average molecular weight is 288 g/mol. The van der Waals surface area contributed by atoms with E-state index in [9.17, 15) is 9.59 Å². The number of rotatable bonds is 3. The molecule has 21 heavy (non-hydrogen) atoms. The van der Waals surface area contributed by atoms with Crippen molar-refractivity contribution in [2.75, 3.05) is 23.9 Å². The lowest BCUT2D eigenvalue weighted by Crippen LogP contribution is -2.35. The zero-order valence-corrected chi connectivity index (χ0v) is 11.2. The van der Waals surface area contributed by atoms with Crippen molar-refractivity contribution in [3.05, 3.63) is 24.0 Å². The molecular formula is C12H12N6O3. The van der Waals surface area contributed by atoms with Gasteiger partial charge >= 0.3 is 0 Å². The molecule has 108 valence electrons. The van der Waals surface area contributed by atoms with Crippen molar-refractivity contribution >= 4 is 23.2 Å². The van der Waals surface area contributed by atoms with Gasteiger partial charge in [0.25, 0.3) is 5.91 Å². The highest BCUT2D eigenvalue weighted by Gasteiger charge is 2.22. The van der Waals surface area contributed by atoms with Crippen LogP contribution in [0.2, 0.25) is 0 Å². The molecule has 0 atom stereocenters. The van der Waals surface area contributed by atoms with E-state index in [0.717, 1.165) is 0 Å². The second-order valence-corrected chi connectivity index (χ2v) is 4.48. The van der Waals surface area contributed by atoms with E-state index in [-0.39, 0.29) is 24.8 Å². The molecule has 2 N–H and O–H groups in total. The number of fused-ring (bicyclic) bond motifs is 1. The number of hydrogen-bond acceptors (Lipinski definition) is 6. The Bertz CT molecular complexity index is 684. The third-order valence-corrected chi connectivity index (χ3v) is 3.04. The molecule has 0 spiro atoms. The van der Waals surface area contributed by atoms with Gasteiger partial charge in [0, 0.05) is 12.7 Å². The molecule has 0 saturated carbocycles. The van der Waals surface area contributed by atoms with Gasteiger partial charge in [0.1, 0.15) is 5.75 Å². The van der Waals surface area contributed by atoms with Crippen molar-refractivity contribution in [3.8, 4) is 5.75 Å². The van der Waals surface area contributed by atoms with Crippen molar-refractivity contribution in [2.45, 2.75) is 6.42 Å². The molecule has 2 heterocycles. The molecule has 2 aromatic rings. The maximum atomic E-state index is 11.8. The van der Waals surface area contributed by atoms with Gasteiger partial charge in [0.05, 0.1) is 12.1 Å². The lowest BCUT2D eigenvalue weighted by atomic mass is 10.2. The van der Waals surface area contributed by atoms with Crippen molar-refractivity contribution in [2.24, 2.45) is 0 Å². The van der Waals surface area contributed by atoms with E-state index in [1.165, 1.54) is 4.90 Å². The minimum atomic E-state index is -0.276. The Labute approximate surface area is 119 Å². The second kappa shape index (κ2) is 5.19. The number of tetrazole rings is 1. The van der Waals surface area contributed by atoms with E-state index < -0.39 is 0 Å². The molecule has 0 bridgehead atoms. The maximum Gasteiger partial charge on any atom is 0.264 e. The number of nitrogens with one attached hydrogen (secondary N) is 2. The van der Waals surface area contributed by atoms with Crippen LogP contribution in [0.5, 0.6) is 5.75 Å². The van der Waals surface area contributed by atoms with Gasteiger partial charge in [-0.2, -0.15) is 5.21 Å². The number of carbonyl (C=O) groups excluding carboxylic acids is 2. The van der Waals surface area contributed by atoms with E-state index in [2.05, 4.69) is 25.9 Å². The first-order chi connectivity index (χ1) is 10.1. The Kier molecular flexibility index (Phi) is 3.22. The third-order valence-electron chi connectivity index (χ3n) is 3.04. The van der Waals surface area contributed by atoms with Crippen molar-refractivity contribution in [3.63, 3.8) is 0 Å². The summed E-state index contributed by atoms with van der Waals surface area (Å²) in [6, 6.07) is 5.10. The van der Waals surface area contributed by atoms with Gasteiger partial charge in [-0.3, -0.25) is 9.59 Å². The number of hydrogen-bond donors (Lipinski definition) is 2. The molecule has 1 aromatic heterocycles. The highest BCUT2D eigenvalue weighted by atomic mass is 16.5. The Balaban J connectivity index is 1.74. The van der Waals surface area contributed by atoms with E-state index in [0.29, 0.717) is 22.9 Å². The lowest BCUT2D eigenvalue weighted by Gasteiger charge is -2.26. The third kappa shape index (κ3) is 2.66. The largest absolute Gasteiger partial charge is 0.482 e. The fourth-order valence-electron chi connectivity index (χ4n) is 1.96. The molecule has 3 rings (SSSR count). The monoisotopic (exact) mass is 288 g/mol. The lowest BCUT2D eigenvalue weighted by molar-refractivity contribution is -0.121. The van der Waals surface area contributed by atoms with Gasteiger partial charge in [0.15, 0.2) is 12.4 Å². The summed E-state index contributed by atoms with van der Waals surface area (Å²) < 4.78 is 5.32. The summed E-state index contributed by atoms with van der Waals surface area (Å²) >= 11 is 0. The van der Waals surface area contributed by atoms with Crippen LogP contribution in [0.15, 0.2) is 18.2 Å². The first kappa shape index (κ1) is 13.0. The molecule has 9 heteroatoms. The summed E-state index contributed by atoms with van der Waals surface area (Å²) in [6.45, 7) is 0.0209. The molecule has 0 radical (unpaired) electrons. The highest BCUT2D eigenvalue weighted by molar-refractivity contribution is 5.99. The van der Waals surface area contributed by atoms with Crippen LogP contribution in [0.25, 0.3) is 0 Å². The van der Waals surface area contributed by atoms with E-state index >= 15 is 0 Å². The first-order valence-electron chi connectivity index (χ1n) is 6.19. The summed E-state index contributed by atoms with van der Waals surface area (Å²) in [6.07, 6.45) is 0.0128. The number of benzene rings is 1. The second-order valence-electron chi connectivity index (χ2n) is 4.48. The fraction of sp³-hybridized carbons (Fsp3) is 0.250. The molecule has 0 saturated heterocycles. The number of anilines is 2. The minimum Gasteiger partial charge on any atom is -0.482 e.